The maximum Gasteiger partial charge on any atom is 0.335 e. The van der Waals surface area contributed by atoms with Crippen LogP contribution >= 0.6 is 11.6 Å². The molecule has 3 rings (SSSR count). The highest BCUT2D eigenvalue weighted by molar-refractivity contribution is 6.18. The van der Waals surface area contributed by atoms with Gasteiger partial charge in [0, 0.05) is 12.9 Å². The Morgan fingerprint density at radius 1 is 1.28 bits per heavy atom. The maximum absolute atomic E-state index is 11.5. The van der Waals surface area contributed by atoms with Gasteiger partial charge in [0.15, 0.2) is 0 Å². The zero-order valence-corrected chi connectivity index (χ0v) is 19.0. The number of carboxylic acid groups (broad SMARTS) is 1. The lowest BCUT2D eigenvalue weighted by atomic mass is 9.96. The highest BCUT2D eigenvalue weighted by Gasteiger charge is 2.15. The van der Waals surface area contributed by atoms with Crippen molar-refractivity contribution in [3.63, 3.8) is 0 Å². The highest BCUT2D eigenvalue weighted by atomic mass is 35.5. The summed E-state index contributed by atoms with van der Waals surface area (Å²) in [5.41, 5.74) is 3.32. The summed E-state index contributed by atoms with van der Waals surface area (Å²) >= 11 is 5.90. The molecule has 0 fully saturated rings. The summed E-state index contributed by atoms with van der Waals surface area (Å²) < 4.78 is 7.61. The van der Waals surface area contributed by atoms with Crippen LogP contribution in [0.25, 0.3) is 0 Å². The number of aromatic nitrogens is 2. The van der Waals surface area contributed by atoms with Crippen molar-refractivity contribution in [1.82, 2.24) is 9.78 Å². The van der Waals surface area contributed by atoms with Crippen LogP contribution in [0.15, 0.2) is 53.7 Å². The Hall–Kier alpha value is -3.32. The average molecular weight is 456 g/mol. The number of ether oxygens (including phenoxy) is 1. The number of aryl methyl sites for hydroxylation is 2. The third-order valence-electron chi connectivity index (χ3n) is 4.89. The monoisotopic (exact) mass is 455 g/mol. The van der Waals surface area contributed by atoms with Gasteiger partial charge in [-0.3, -0.25) is 0 Å². The molecular formula is C24H26ClN3O4. The minimum atomic E-state index is -0.953. The smallest absolute Gasteiger partial charge is 0.335 e. The van der Waals surface area contributed by atoms with Crippen LogP contribution in [0.2, 0.25) is 0 Å². The van der Waals surface area contributed by atoms with E-state index in [1.807, 2.05) is 50.2 Å². The molecule has 0 aliphatic carbocycles. The summed E-state index contributed by atoms with van der Waals surface area (Å²) in [5.74, 6) is 0.931. The van der Waals surface area contributed by atoms with E-state index in [1.165, 1.54) is 0 Å². The topological polar surface area (TPSA) is 85.9 Å². The van der Waals surface area contributed by atoms with E-state index >= 15 is 0 Å². The summed E-state index contributed by atoms with van der Waals surface area (Å²) in [6, 6.07) is 14.6. The normalized spacial score (nSPS) is 12.1. The second kappa shape index (κ2) is 10.8. The van der Waals surface area contributed by atoms with Gasteiger partial charge in [-0.2, -0.15) is 5.10 Å². The Bertz CT molecular complexity index is 1100. The first-order valence-electron chi connectivity index (χ1n) is 10.2. The Balaban J connectivity index is 1.71. The van der Waals surface area contributed by atoms with Gasteiger partial charge in [-0.1, -0.05) is 42.4 Å². The zero-order valence-electron chi connectivity index (χ0n) is 18.3. The predicted molar refractivity (Wildman–Crippen MR) is 124 cm³/mol. The SMILES string of the molecule is Cc1nn(C)c(Oc2ccccc2)c1C=NOCc1ccc(C(=O)O)c(CC(C)CCl)c1. The number of alkyl halides is 1. The molecule has 0 saturated heterocycles. The molecule has 32 heavy (non-hydrogen) atoms. The van der Waals surface area contributed by atoms with Crippen molar-refractivity contribution in [2.75, 3.05) is 5.88 Å². The van der Waals surface area contributed by atoms with Crippen LogP contribution in [0.1, 0.15) is 39.7 Å². The number of oxime groups is 1. The Labute approximate surface area is 192 Å². The van der Waals surface area contributed by atoms with Crippen molar-refractivity contribution >= 4 is 23.8 Å². The molecule has 7 nitrogen and oxygen atoms in total. The molecule has 0 saturated carbocycles. The predicted octanol–water partition coefficient (Wildman–Crippen LogP) is 5.19. The summed E-state index contributed by atoms with van der Waals surface area (Å²) in [6.45, 7) is 4.05. The van der Waals surface area contributed by atoms with Crippen LogP contribution in [0.4, 0.5) is 0 Å². The van der Waals surface area contributed by atoms with Gasteiger partial charge in [0.1, 0.15) is 12.4 Å². The Morgan fingerprint density at radius 2 is 2.03 bits per heavy atom. The van der Waals surface area contributed by atoms with Crippen molar-refractivity contribution in [2.24, 2.45) is 18.1 Å². The fourth-order valence-electron chi connectivity index (χ4n) is 3.27. The number of hydrogen-bond donors (Lipinski definition) is 1. The lowest BCUT2D eigenvalue weighted by Gasteiger charge is -2.12. The third kappa shape index (κ3) is 5.88. The Morgan fingerprint density at radius 3 is 2.72 bits per heavy atom. The van der Waals surface area contributed by atoms with Gasteiger partial charge in [0.2, 0.25) is 5.88 Å². The van der Waals surface area contributed by atoms with Gasteiger partial charge in [0.05, 0.1) is 23.0 Å². The molecule has 8 heteroatoms. The lowest BCUT2D eigenvalue weighted by Crippen LogP contribution is -2.09. The van der Waals surface area contributed by atoms with E-state index in [2.05, 4.69) is 10.3 Å². The summed E-state index contributed by atoms with van der Waals surface area (Å²) in [5, 5.41) is 17.9. The van der Waals surface area contributed by atoms with Crippen LogP contribution in [0.3, 0.4) is 0 Å². The van der Waals surface area contributed by atoms with Crippen LogP contribution in [0, 0.1) is 12.8 Å². The number of halogens is 1. The van der Waals surface area contributed by atoms with Gasteiger partial charge in [-0.05, 0) is 48.6 Å². The molecule has 1 heterocycles. The van der Waals surface area contributed by atoms with Gasteiger partial charge in [0.25, 0.3) is 0 Å². The molecule has 0 aliphatic heterocycles. The molecule has 1 unspecified atom stereocenters. The minimum Gasteiger partial charge on any atom is -0.478 e. The molecule has 0 amide bonds. The van der Waals surface area contributed by atoms with E-state index in [9.17, 15) is 9.90 Å². The molecule has 1 aromatic heterocycles. The molecule has 3 aromatic rings. The van der Waals surface area contributed by atoms with Crippen LogP contribution in [0.5, 0.6) is 11.6 Å². The number of aromatic carboxylic acids is 1. The summed E-state index contributed by atoms with van der Waals surface area (Å²) in [6.07, 6.45) is 2.15. The third-order valence-corrected chi connectivity index (χ3v) is 5.42. The number of hydrogen-bond acceptors (Lipinski definition) is 5. The summed E-state index contributed by atoms with van der Waals surface area (Å²) in [7, 11) is 1.80. The number of rotatable bonds is 10. The molecule has 2 aromatic carbocycles. The first-order chi connectivity index (χ1) is 15.4. The number of carbonyl (C=O) groups is 1. The molecule has 0 aliphatic rings. The van der Waals surface area contributed by atoms with Gasteiger partial charge in [-0.25, -0.2) is 9.48 Å². The second-order valence-corrected chi connectivity index (χ2v) is 7.92. The largest absolute Gasteiger partial charge is 0.478 e. The number of benzene rings is 2. The molecule has 1 atom stereocenters. The molecule has 0 spiro atoms. The zero-order chi connectivity index (χ0) is 23.1. The van der Waals surface area contributed by atoms with Gasteiger partial charge in [-0.15, -0.1) is 11.6 Å². The molecule has 1 N–H and O–H groups in total. The number of carboxylic acids is 1. The number of para-hydroxylation sites is 1. The van der Waals surface area contributed by atoms with E-state index in [-0.39, 0.29) is 18.1 Å². The van der Waals surface area contributed by atoms with E-state index in [4.69, 9.17) is 21.2 Å². The van der Waals surface area contributed by atoms with Crippen molar-refractivity contribution in [2.45, 2.75) is 26.9 Å². The van der Waals surface area contributed by atoms with Crippen molar-refractivity contribution in [3.05, 3.63) is 76.5 Å². The minimum absolute atomic E-state index is 0.167. The quantitative estimate of drug-likeness (QED) is 0.258. The van der Waals surface area contributed by atoms with E-state index in [0.29, 0.717) is 29.5 Å². The van der Waals surface area contributed by atoms with Crippen LogP contribution in [-0.2, 0) is 24.9 Å². The summed E-state index contributed by atoms with van der Waals surface area (Å²) in [4.78, 5) is 17.0. The molecule has 0 bridgehead atoms. The fourth-order valence-corrected chi connectivity index (χ4v) is 3.38. The fraction of sp³-hybridized carbons (Fsp3) is 0.292. The standard InChI is InChI=1S/C24H26ClN3O4/c1-16(13-25)11-19-12-18(9-10-21(19)24(29)30)15-31-26-14-22-17(2)27-28(3)23(22)32-20-7-5-4-6-8-20/h4-10,12,14,16H,11,13,15H2,1-3H3,(H,29,30). The highest BCUT2D eigenvalue weighted by Crippen LogP contribution is 2.26. The van der Waals surface area contributed by atoms with Gasteiger partial charge >= 0.3 is 5.97 Å². The average Bonchev–Trinajstić information content (AvgIpc) is 3.04. The Kier molecular flexibility index (Phi) is 7.89. The van der Waals surface area contributed by atoms with Crippen LogP contribution < -0.4 is 4.74 Å². The van der Waals surface area contributed by atoms with E-state index in [0.717, 1.165) is 16.8 Å². The van der Waals surface area contributed by atoms with E-state index in [1.54, 1.807) is 30.1 Å². The first kappa shape index (κ1) is 23.3. The second-order valence-electron chi connectivity index (χ2n) is 7.61. The molecular weight excluding hydrogens is 430 g/mol. The van der Waals surface area contributed by atoms with E-state index < -0.39 is 5.97 Å². The molecule has 168 valence electrons. The van der Waals surface area contributed by atoms with Crippen molar-refractivity contribution in [3.8, 4) is 11.6 Å². The van der Waals surface area contributed by atoms with Crippen molar-refractivity contribution < 1.29 is 19.5 Å². The first-order valence-corrected chi connectivity index (χ1v) is 10.7. The maximum atomic E-state index is 11.5. The lowest BCUT2D eigenvalue weighted by molar-refractivity contribution is 0.0695. The van der Waals surface area contributed by atoms with Crippen molar-refractivity contribution in [1.29, 1.82) is 0 Å². The van der Waals surface area contributed by atoms with Crippen LogP contribution in [-0.4, -0.2) is 33.0 Å². The molecule has 0 radical (unpaired) electrons. The van der Waals surface area contributed by atoms with Gasteiger partial charge < -0.3 is 14.7 Å². The number of nitrogens with zero attached hydrogens (tertiary/aromatic N) is 3.